The van der Waals surface area contributed by atoms with Crippen LogP contribution in [0.1, 0.15) is 24.3 Å². The maximum atomic E-state index is 12.6. The number of benzene rings is 1. The quantitative estimate of drug-likeness (QED) is 0.718. The van der Waals surface area contributed by atoms with Gasteiger partial charge in [-0.2, -0.15) is 0 Å². The lowest BCUT2D eigenvalue weighted by Crippen LogP contribution is -2.54. The summed E-state index contributed by atoms with van der Waals surface area (Å²) in [5.74, 6) is 0.323. The number of likely N-dealkylation sites (N-methyl/N-ethyl adjacent to an activating group) is 1. The number of carbonyl (C=O) groups excluding carboxylic acids is 2. The summed E-state index contributed by atoms with van der Waals surface area (Å²) in [5.41, 5.74) is 1.11. The number of methoxy groups -OCH3 is 1. The Kier molecular flexibility index (Phi) is 7.05. The van der Waals surface area contributed by atoms with E-state index in [4.69, 9.17) is 4.74 Å². The molecule has 2 amide bonds. The van der Waals surface area contributed by atoms with Gasteiger partial charge in [0.25, 0.3) is 5.91 Å². The topological polar surface area (TPSA) is 86.8 Å². The van der Waals surface area contributed by atoms with E-state index in [0.717, 1.165) is 31.1 Å². The van der Waals surface area contributed by atoms with Crippen LogP contribution in [0.3, 0.4) is 0 Å². The molecule has 8 nitrogen and oxygen atoms in total. The van der Waals surface area contributed by atoms with Crippen molar-refractivity contribution in [3.8, 4) is 5.75 Å². The standard InChI is InChI=1S/C20H27N5O3S/c1-4-24-8-10-25(11-9-24)19(27)14(2)21-18(26)17-13-29-20(23-17)22-15-6-5-7-16(12-15)28-3/h5-7,12-14H,4,8-11H2,1-3H3,(H,21,26)(H,22,23). The molecule has 1 aliphatic rings. The van der Waals surface area contributed by atoms with E-state index in [1.165, 1.54) is 11.3 Å². The molecule has 1 unspecified atom stereocenters. The molecule has 156 valence electrons. The molecule has 2 aromatic rings. The zero-order valence-corrected chi connectivity index (χ0v) is 17.8. The third kappa shape index (κ3) is 5.45. The summed E-state index contributed by atoms with van der Waals surface area (Å²) in [6.45, 7) is 7.95. The van der Waals surface area contributed by atoms with Crippen LogP contribution in [0.25, 0.3) is 0 Å². The highest BCUT2D eigenvalue weighted by Crippen LogP contribution is 2.24. The summed E-state index contributed by atoms with van der Waals surface area (Å²) in [5, 5.41) is 8.20. The van der Waals surface area contributed by atoms with Crippen LogP contribution in [0.4, 0.5) is 10.8 Å². The number of hydrogen-bond donors (Lipinski definition) is 2. The highest BCUT2D eigenvalue weighted by molar-refractivity contribution is 7.14. The molecule has 1 fully saturated rings. The summed E-state index contributed by atoms with van der Waals surface area (Å²) in [6, 6.07) is 6.87. The number of ether oxygens (including phenoxy) is 1. The van der Waals surface area contributed by atoms with Crippen LogP contribution in [0, 0.1) is 0 Å². The smallest absolute Gasteiger partial charge is 0.271 e. The van der Waals surface area contributed by atoms with Crippen molar-refractivity contribution >= 4 is 34.0 Å². The molecule has 0 spiro atoms. The maximum absolute atomic E-state index is 12.6. The number of anilines is 2. The number of hydrogen-bond acceptors (Lipinski definition) is 7. The van der Waals surface area contributed by atoms with Gasteiger partial charge in [-0.1, -0.05) is 13.0 Å². The van der Waals surface area contributed by atoms with E-state index in [2.05, 4.69) is 27.4 Å². The van der Waals surface area contributed by atoms with Gasteiger partial charge < -0.3 is 25.2 Å². The minimum Gasteiger partial charge on any atom is -0.497 e. The van der Waals surface area contributed by atoms with Gasteiger partial charge in [0.15, 0.2) is 5.13 Å². The van der Waals surface area contributed by atoms with E-state index in [0.29, 0.717) is 18.2 Å². The molecular formula is C20H27N5O3S. The first kappa shape index (κ1) is 21.1. The van der Waals surface area contributed by atoms with Gasteiger partial charge in [-0.05, 0) is 25.6 Å². The third-order valence-electron chi connectivity index (χ3n) is 4.91. The van der Waals surface area contributed by atoms with E-state index in [-0.39, 0.29) is 17.5 Å². The molecule has 3 rings (SSSR count). The second kappa shape index (κ2) is 9.71. The fourth-order valence-electron chi connectivity index (χ4n) is 3.15. The first-order valence-corrected chi connectivity index (χ1v) is 10.6. The molecule has 0 bridgehead atoms. The predicted molar refractivity (Wildman–Crippen MR) is 114 cm³/mol. The summed E-state index contributed by atoms with van der Waals surface area (Å²) in [7, 11) is 1.61. The number of amides is 2. The molecule has 0 aliphatic carbocycles. The molecule has 1 saturated heterocycles. The number of thiazole rings is 1. The van der Waals surface area contributed by atoms with Crippen LogP contribution in [0.2, 0.25) is 0 Å². The molecule has 1 atom stereocenters. The van der Waals surface area contributed by atoms with Gasteiger partial charge in [0.05, 0.1) is 7.11 Å². The molecule has 9 heteroatoms. The van der Waals surface area contributed by atoms with Crippen molar-refractivity contribution in [2.24, 2.45) is 0 Å². The zero-order valence-electron chi connectivity index (χ0n) is 17.0. The lowest BCUT2D eigenvalue weighted by atomic mass is 10.2. The van der Waals surface area contributed by atoms with Crippen molar-refractivity contribution in [2.75, 3.05) is 45.2 Å². The maximum Gasteiger partial charge on any atom is 0.271 e. The van der Waals surface area contributed by atoms with Crippen molar-refractivity contribution in [1.29, 1.82) is 0 Å². The average Bonchev–Trinajstić information content (AvgIpc) is 3.22. The Morgan fingerprint density at radius 2 is 2.03 bits per heavy atom. The van der Waals surface area contributed by atoms with Gasteiger partial charge in [-0.3, -0.25) is 9.59 Å². The van der Waals surface area contributed by atoms with Crippen LogP contribution < -0.4 is 15.4 Å². The average molecular weight is 418 g/mol. The van der Waals surface area contributed by atoms with Crippen molar-refractivity contribution in [3.63, 3.8) is 0 Å². The zero-order chi connectivity index (χ0) is 20.8. The van der Waals surface area contributed by atoms with Gasteiger partial charge in [0.2, 0.25) is 5.91 Å². The SMILES string of the molecule is CCN1CCN(C(=O)C(C)NC(=O)c2csc(Nc3cccc(OC)c3)n2)CC1. The second-order valence-electron chi connectivity index (χ2n) is 6.85. The number of rotatable bonds is 7. The van der Waals surface area contributed by atoms with Crippen LogP contribution in [-0.4, -0.2) is 72.5 Å². The minimum absolute atomic E-state index is 0.0564. The van der Waals surface area contributed by atoms with Gasteiger partial charge in [-0.25, -0.2) is 4.98 Å². The van der Waals surface area contributed by atoms with Crippen LogP contribution in [0.15, 0.2) is 29.6 Å². The van der Waals surface area contributed by atoms with Gasteiger partial charge in [0, 0.05) is 43.3 Å². The van der Waals surface area contributed by atoms with Gasteiger partial charge in [0.1, 0.15) is 17.5 Å². The lowest BCUT2D eigenvalue weighted by molar-refractivity contribution is -0.134. The van der Waals surface area contributed by atoms with Crippen molar-refractivity contribution in [1.82, 2.24) is 20.1 Å². The van der Waals surface area contributed by atoms with Crippen LogP contribution in [-0.2, 0) is 4.79 Å². The molecule has 1 aromatic heterocycles. The molecule has 0 saturated carbocycles. The Bertz CT molecular complexity index is 848. The van der Waals surface area contributed by atoms with Crippen LogP contribution in [0.5, 0.6) is 5.75 Å². The molecule has 1 aliphatic heterocycles. The second-order valence-corrected chi connectivity index (χ2v) is 7.71. The molecule has 1 aromatic carbocycles. The van der Waals surface area contributed by atoms with Crippen LogP contribution >= 0.6 is 11.3 Å². The first-order chi connectivity index (χ1) is 14.0. The van der Waals surface area contributed by atoms with Gasteiger partial charge in [-0.15, -0.1) is 11.3 Å². The highest BCUT2D eigenvalue weighted by atomic mass is 32.1. The van der Waals surface area contributed by atoms with E-state index in [1.54, 1.807) is 19.4 Å². The highest BCUT2D eigenvalue weighted by Gasteiger charge is 2.26. The Morgan fingerprint density at radius 1 is 1.28 bits per heavy atom. The summed E-state index contributed by atoms with van der Waals surface area (Å²) in [6.07, 6.45) is 0. The summed E-state index contributed by atoms with van der Waals surface area (Å²) in [4.78, 5) is 33.6. The summed E-state index contributed by atoms with van der Waals surface area (Å²) >= 11 is 1.33. The predicted octanol–water partition coefficient (Wildman–Crippen LogP) is 2.18. The Balaban J connectivity index is 1.54. The Labute approximate surface area is 174 Å². The molecular weight excluding hydrogens is 390 g/mol. The Morgan fingerprint density at radius 3 is 2.72 bits per heavy atom. The number of nitrogens with one attached hydrogen (secondary N) is 2. The van der Waals surface area contributed by atoms with Crippen molar-refractivity contribution in [3.05, 3.63) is 35.3 Å². The fraction of sp³-hybridized carbons (Fsp3) is 0.450. The Hall–Kier alpha value is -2.65. The fourth-order valence-corrected chi connectivity index (χ4v) is 3.86. The number of aromatic nitrogens is 1. The third-order valence-corrected chi connectivity index (χ3v) is 5.66. The van der Waals surface area contributed by atoms with E-state index in [9.17, 15) is 9.59 Å². The molecule has 29 heavy (non-hydrogen) atoms. The largest absolute Gasteiger partial charge is 0.497 e. The van der Waals surface area contributed by atoms with Crippen molar-refractivity contribution in [2.45, 2.75) is 19.9 Å². The number of carbonyl (C=O) groups is 2. The summed E-state index contributed by atoms with van der Waals surface area (Å²) < 4.78 is 5.20. The number of nitrogens with zero attached hydrogens (tertiary/aromatic N) is 3. The number of piperazine rings is 1. The first-order valence-electron chi connectivity index (χ1n) is 9.68. The normalized spacial score (nSPS) is 15.6. The monoisotopic (exact) mass is 417 g/mol. The molecule has 2 heterocycles. The molecule has 0 radical (unpaired) electrons. The van der Waals surface area contributed by atoms with Gasteiger partial charge >= 0.3 is 0 Å². The van der Waals surface area contributed by atoms with E-state index in [1.807, 2.05) is 29.2 Å². The van der Waals surface area contributed by atoms with E-state index < -0.39 is 6.04 Å². The molecule has 2 N–H and O–H groups in total. The van der Waals surface area contributed by atoms with Crippen molar-refractivity contribution < 1.29 is 14.3 Å². The lowest BCUT2D eigenvalue weighted by Gasteiger charge is -2.35. The van der Waals surface area contributed by atoms with E-state index >= 15 is 0 Å². The minimum atomic E-state index is -0.591.